The van der Waals surface area contributed by atoms with Crippen LogP contribution in [0.5, 0.6) is 0 Å². The molecule has 0 spiro atoms. The van der Waals surface area contributed by atoms with Crippen molar-refractivity contribution in [2.24, 2.45) is 5.92 Å². The largest absolute Gasteiger partial charge is 0.469 e. The third-order valence-electron chi connectivity index (χ3n) is 4.36. The van der Waals surface area contributed by atoms with Gasteiger partial charge in [-0.2, -0.15) is 0 Å². The van der Waals surface area contributed by atoms with E-state index in [4.69, 9.17) is 4.74 Å². The van der Waals surface area contributed by atoms with Gasteiger partial charge in [0.2, 0.25) is 0 Å². The van der Waals surface area contributed by atoms with E-state index in [0.717, 1.165) is 12.8 Å². The monoisotopic (exact) mass is 213 g/mol. The van der Waals surface area contributed by atoms with Gasteiger partial charge in [0.05, 0.1) is 13.2 Å². The summed E-state index contributed by atoms with van der Waals surface area (Å²) < 4.78 is 4.80. The molecule has 0 aromatic heterocycles. The molecule has 0 aliphatic carbocycles. The number of esters is 1. The predicted octanol–water partition coefficient (Wildman–Crippen LogP) is 0.393. The van der Waals surface area contributed by atoms with E-state index in [1.165, 1.54) is 7.11 Å². The average Bonchev–Trinajstić information content (AvgIpc) is 2.40. The highest BCUT2D eigenvalue weighted by Crippen LogP contribution is 2.46. The molecule has 2 saturated heterocycles. The Kier molecular flexibility index (Phi) is 2.51. The van der Waals surface area contributed by atoms with E-state index in [1.807, 2.05) is 7.05 Å². The summed E-state index contributed by atoms with van der Waals surface area (Å²) in [5.41, 5.74) is -0.227. The Morgan fingerprint density at radius 3 is 2.87 bits per heavy atom. The van der Waals surface area contributed by atoms with Crippen molar-refractivity contribution in [3.8, 4) is 0 Å². The SMILES string of the molecule is COC(=O)[C@H]1[C@@H](O)C[C@@H]2CC[C@@]1(C)N2C. The van der Waals surface area contributed by atoms with E-state index < -0.39 is 12.0 Å². The van der Waals surface area contributed by atoms with Gasteiger partial charge in [0.15, 0.2) is 0 Å². The van der Waals surface area contributed by atoms with Gasteiger partial charge >= 0.3 is 5.97 Å². The third-order valence-corrected chi connectivity index (χ3v) is 4.36. The van der Waals surface area contributed by atoms with E-state index in [2.05, 4.69) is 11.8 Å². The van der Waals surface area contributed by atoms with E-state index in [9.17, 15) is 9.90 Å². The van der Waals surface area contributed by atoms with Gasteiger partial charge in [0, 0.05) is 11.6 Å². The second-order valence-corrected chi connectivity index (χ2v) is 4.96. The maximum absolute atomic E-state index is 11.7. The lowest BCUT2D eigenvalue weighted by atomic mass is 9.77. The topological polar surface area (TPSA) is 49.8 Å². The van der Waals surface area contributed by atoms with E-state index in [-0.39, 0.29) is 11.5 Å². The van der Waals surface area contributed by atoms with Crippen molar-refractivity contribution in [1.29, 1.82) is 0 Å². The third kappa shape index (κ3) is 1.39. The van der Waals surface area contributed by atoms with Crippen molar-refractivity contribution >= 4 is 5.97 Å². The fourth-order valence-corrected chi connectivity index (χ4v) is 3.26. The Bertz CT molecular complexity index is 281. The van der Waals surface area contributed by atoms with E-state index in [1.54, 1.807) is 0 Å². The minimum Gasteiger partial charge on any atom is -0.469 e. The highest BCUT2D eigenvalue weighted by Gasteiger charge is 2.56. The molecule has 1 N–H and O–H groups in total. The van der Waals surface area contributed by atoms with Crippen LogP contribution in [0.2, 0.25) is 0 Å². The minimum absolute atomic E-state index is 0.227. The van der Waals surface area contributed by atoms with Crippen LogP contribution in [0, 0.1) is 5.92 Å². The fourth-order valence-electron chi connectivity index (χ4n) is 3.26. The van der Waals surface area contributed by atoms with Crippen molar-refractivity contribution < 1.29 is 14.6 Å². The molecule has 86 valence electrons. The van der Waals surface area contributed by atoms with Crippen LogP contribution >= 0.6 is 0 Å². The van der Waals surface area contributed by atoms with Gasteiger partial charge in [0.25, 0.3) is 0 Å². The number of carbonyl (C=O) groups excluding carboxylic acids is 1. The van der Waals surface area contributed by atoms with E-state index in [0.29, 0.717) is 12.5 Å². The molecular weight excluding hydrogens is 194 g/mol. The van der Waals surface area contributed by atoms with Crippen LogP contribution in [0.1, 0.15) is 26.2 Å². The number of methoxy groups -OCH3 is 1. The first-order valence-electron chi connectivity index (χ1n) is 5.49. The van der Waals surface area contributed by atoms with Gasteiger partial charge in [-0.05, 0) is 33.2 Å². The molecule has 2 fully saturated rings. The number of fused-ring (bicyclic) bond motifs is 2. The standard InChI is InChI=1S/C11H19NO3/c1-11-5-4-7(12(11)2)6-8(13)9(11)10(14)15-3/h7-9,13H,4-6H2,1-3H3/t7-,8-,9+,11+/m0/s1. The number of aliphatic hydroxyl groups is 1. The van der Waals surface area contributed by atoms with Crippen molar-refractivity contribution in [2.45, 2.75) is 43.9 Å². The van der Waals surface area contributed by atoms with Gasteiger partial charge in [-0.15, -0.1) is 0 Å². The second kappa shape index (κ2) is 3.46. The molecule has 0 amide bonds. The number of rotatable bonds is 1. The number of ether oxygens (including phenoxy) is 1. The maximum atomic E-state index is 11.7. The summed E-state index contributed by atoms with van der Waals surface area (Å²) in [7, 11) is 3.43. The predicted molar refractivity (Wildman–Crippen MR) is 55.3 cm³/mol. The number of nitrogens with zero attached hydrogens (tertiary/aromatic N) is 1. The molecular formula is C11H19NO3. The molecule has 0 radical (unpaired) electrons. The van der Waals surface area contributed by atoms with Gasteiger partial charge < -0.3 is 9.84 Å². The van der Waals surface area contributed by atoms with Crippen LogP contribution in [0.4, 0.5) is 0 Å². The molecule has 2 bridgehead atoms. The average molecular weight is 213 g/mol. The second-order valence-electron chi connectivity index (χ2n) is 4.96. The Labute approximate surface area is 90.2 Å². The number of hydrogen-bond acceptors (Lipinski definition) is 4. The Hall–Kier alpha value is -0.610. The highest BCUT2D eigenvalue weighted by atomic mass is 16.5. The zero-order valence-corrected chi connectivity index (χ0v) is 9.56. The summed E-state index contributed by atoms with van der Waals surface area (Å²) in [6.07, 6.45) is 2.17. The van der Waals surface area contributed by atoms with Crippen molar-refractivity contribution in [2.75, 3.05) is 14.2 Å². The van der Waals surface area contributed by atoms with Crippen LogP contribution in [-0.2, 0) is 9.53 Å². The zero-order chi connectivity index (χ0) is 11.2. The lowest BCUT2D eigenvalue weighted by molar-refractivity contribution is -0.161. The van der Waals surface area contributed by atoms with Gasteiger partial charge in [0.1, 0.15) is 5.92 Å². The van der Waals surface area contributed by atoms with Crippen molar-refractivity contribution in [1.82, 2.24) is 4.90 Å². The summed E-state index contributed by atoms with van der Waals surface area (Å²) >= 11 is 0. The van der Waals surface area contributed by atoms with Crippen LogP contribution in [0.15, 0.2) is 0 Å². The van der Waals surface area contributed by atoms with E-state index >= 15 is 0 Å². The fraction of sp³-hybridized carbons (Fsp3) is 0.909. The molecule has 0 aromatic carbocycles. The minimum atomic E-state index is -0.550. The first-order valence-corrected chi connectivity index (χ1v) is 5.49. The smallest absolute Gasteiger partial charge is 0.313 e. The number of aliphatic hydroxyl groups excluding tert-OH is 1. The lowest BCUT2D eigenvalue weighted by Gasteiger charge is -2.46. The van der Waals surface area contributed by atoms with Gasteiger partial charge in [-0.1, -0.05) is 0 Å². The molecule has 2 rings (SSSR count). The summed E-state index contributed by atoms with van der Waals surface area (Å²) in [4.78, 5) is 13.9. The molecule has 4 heteroatoms. The molecule has 15 heavy (non-hydrogen) atoms. The van der Waals surface area contributed by atoms with Crippen LogP contribution in [-0.4, -0.2) is 47.8 Å². The molecule has 0 saturated carbocycles. The van der Waals surface area contributed by atoms with Crippen LogP contribution < -0.4 is 0 Å². The first kappa shape index (κ1) is 10.9. The van der Waals surface area contributed by atoms with Crippen molar-refractivity contribution in [3.63, 3.8) is 0 Å². The summed E-state index contributed by atoms with van der Waals surface area (Å²) in [5, 5.41) is 10.0. The van der Waals surface area contributed by atoms with Crippen molar-refractivity contribution in [3.05, 3.63) is 0 Å². The Balaban J connectivity index is 2.31. The zero-order valence-electron chi connectivity index (χ0n) is 9.56. The van der Waals surface area contributed by atoms with Gasteiger partial charge in [-0.3, -0.25) is 9.69 Å². The molecule has 2 aliphatic heterocycles. The maximum Gasteiger partial charge on any atom is 0.313 e. The lowest BCUT2D eigenvalue weighted by Crippen LogP contribution is -2.59. The molecule has 0 unspecified atom stereocenters. The van der Waals surface area contributed by atoms with Crippen LogP contribution in [0.25, 0.3) is 0 Å². The highest BCUT2D eigenvalue weighted by molar-refractivity contribution is 5.75. The molecule has 0 aromatic rings. The van der Waals surface area contributed by atoms with Gasteiger partial charge in [-0.25, -0.2) is 0 Å². The first-order chi connectivity index (χ1) is 7.00. The number of carbonyl (C=O) groups is 1. The summed E-state index contributed by atoms with van der Waals surface area (Å²) in [5.74, 6) is -0.677. The number of hydrogen-bond donors (Lipinski definition) is 1. The normalized spacial score (nSPS) is 45.5. The summed E-state index contributed by atoms with van der Waals surface area (Å²) in [6, 6.07) is 0.422. The Morgan fingerprint density at radius 2 is 2.27 bits per heavy atom. The number of piperidine rings is 1. The Morgan fingerprint density at radius 1 is 1.60 bits per heavy atom. The molecule has 4 atom stereocenters. The molecule has 2 heterocycles. The summed E-state index contributed by atoms with van der Waals surface area (Å²) in [6.45, 7) is 2.05. The molecule has 2 aliphatic rings. The quantitative estimate of drug-likeness (QED) is 0.640. The molecule has 4 nitrogen and oxygen atoms in total. The van der Waals surface area contributed by atoms with Crippen LogP contribution in [0.3, 0.4) is 0 Å².